The molecule has 0 aliphatic rings. The van der Waals surface area contributed by atoms with Crippen LogP contribution in [0.1, 0.15) is 5.56 Å². The van der Waals surface area contributed by atoms with Gasteiger partial charge in [-0.3, -0.25) is 0 Å². The Bertz CT molecular complexity index is 268. The third kappa shape index (κ3) is 1.77. The summed E-state index contributed by atoms with van der Waals surface area (Å²) in [5.74, 6) is 0. The molecule has 0 aliphatic carbocycles. The zero-order valence-corrected chi connectivity index (χ0v) is 7.32. The molecule has 0 spiro atoms. The first-order chi connectivity index (χ1) is 5.27. The Morgan fingerprint density at radius 3 is 2.82 bits per heavy atom. The van der Waals surface area contributed by atoms with E-state index in [4.69, 9.17) is 5.73 Å². The lowest BCUT2D eigenvalue weighted by Crippen LogP contribution is -1.86. The van der Waals surface area contributed by atoms with E-state index in [1.165, 1.54) is 4.90 Å². The third-order valence-electron chi connectivity index (χ3n) is 1.47. The molecule has 2 N–H and O–H groups in total. The maximum absolute atomic E-state index is 5.60. The van der Waals surface area contributed by atoms with Crippen LogP contribution in [-0.2, 0) is 0 Å². The van der Waals surface area contributed by atoms with Crippen molar-refractivity contribution in [1.82, 2.24) is 0 Å². The smallest absolute Gasteiger partial charge is 0.0320 e. The number of nitrogens with two attached hydrogens (primary N) is 1. The fourth-order valence-electron chi connectivity index (χ4n) is 0.912. The molecule has 0 atom stereocenters. The van der Waals surface area contributed by atoms with Crippen molar-refractivity contribution in [3.63, 3.8) is 0 Å². The Kier molecular flexibility index (Phi) is 2.60. The second-order valence-corrected chi connectivity index (χ2v) is 3.05. The van der Waals surface area contributed by atoms with Gasteiger partial charge in [0.2, 0.25) is 0 Å². The van der Waals surface area contributed by atoms with Crippen LogP contribution < -0.4 is 5.73 Å². The van der Waals surface area contributed by atoms with E-state index in [1.807, 2.05) is 30.5 Å². The van der Waals surface area contributed by atoms with Gasteiger partial charge in [0.15, 0.2) is 0 Å². The van der Waals surface area contributed by atoms with Gasteiger partial charge in [-0.05, 0) is 30.0 Å². The highest BCUT2D eigenvalue weighted by molar-refractivity contribution is 7.98. The zero-order valence-electron chi connectivity index (χ0n) is 6.50. The highest BCUT2D eigenvalue weighted by Gasteiger charge is 1.96. The highest BCUT2D eigenvalue weighted by atomic mass is 32.2. The van der Waals surface area contributed by atoms with Crippen molar-refractivity contribution in [2.75, 3.05) is 12.0 Å². The summed E-state index contributed by atoms with van der Waals surface area (Å²) < 4.78 is 0. The minimum absolute atomic E-state index is 0.790. The minimum Gasteiger partial charge on any atom is -0.399 e. The van der Waals surface area contributed by atoms with Crippen molar-refractivity contribution in [3.8, 4) is 0 Å². The Balaban J connectivity index is 3.16. The largest absolute Gasteiger partial charge is 0.399 e. The lowest BCUT2D eigenvalue weighted by atomic mass is 10.2. The van der Waals surface area contributed by atoms with Gasteiger partial charge in [-0.15, -0.1) is 11.8 Å². The third-order valence-corrected chi connectivity index (χ3v) is 2.29. The van der Waals surface area contributed by atoms with E-state index in [9.17, 15) is 0 Å². The van der Waals surface area contributed by atoms with Crippen molar-refractivity contribution >= 4 is 23.5 Å². The normalized spacial score (nSPS) is 9.55. The van der Waals surface area contributed by atoms with Gasteiger partial charge in [0, 0.05) is 10.6 Å². The summed E-state index contributed by atoms with van der Waals surface area (Å²) in [5, 5.41) is 0. The topological polar surface area (TPSA) is 26.0 Å². The van der Waals surface area contributed by atoms with E-state index in [-0.39, 0.29) is 0 Å². The fraction of sp³-hybridized carbons (Fsp3) is 0.111. The van der Waals surface area contributed by atoms with Crippen molar-refractivity contribution in [2.24, 2.45) is 0 Å². The number of benzene rings is 1. The van der Waals surface area contributed by atoms with Crippen LogP contribution in [0.2, 0.25) is 0 Å². The van der Waals surface area contributed by atoms with E-state index in [1.54, 1.807) is 11.8 Å². The van der Waals surface area contributed by atoms with Crippen LogP contribution in [-0.4, -0.2) is 6.26 Å². The van der Waals surface area contributed by atoms with Crippen LogP contribution in [0, 0.1) is 0 Å². The lowest BCUT2D eigenvalue weighted by Gasteiger charge is -2.02. The van der Waals surface area contributed by atoms with Gasteiger partial charge in [-0.2, -0.15) is 0 Å². The van der Waals surface area contributed by atoms with E-state index >= 15 is 0 Å². The molecule has 0 heterocycles. The van der Waals surface area contributed by atoms with Gasteiger partial charge in [-0.25, -0.2) is 0 Å². The molecule has 1 aromatic rings. The van der Waals surface area contributed by atoms with Crippen LogP contribution in [0.25, 0.3) is 6.08 Å². The minimum atomic E-state index is 0.790. The molecule has 0 amide bonds. The molecule has 0 fully saturated rings. The summed E-state index contributed by atoms with van der Waals surface area (Å²) in [4.78, 5) is 1.22. The number of anilines is 1. The molecule has 11 heavy (non-hydrogen) atoms. The summed E-state index contributed by atoms with van der Waals surface area (Å²) in [6, 6.07) is 5.84. The molecule has 0 bridgehead atoms. The quantitative estimate of drug-likeness (QED) is 0.538. The Labute approximate surface area is 71.3 Å². The number of thioether (sulfide) groups is 1. The summed E-state index contributed by atoms with van der Waals surface area (Å²) in [5.41, 5.74) is 7.50. The molecule has 1 rings (SSSR count). The zero-order chi connectivity index (χ0) is 8.27. The van der Waals surface area contributed by atoms with E-state index < -0.39 is 0 Å². The number of rotatable bonds is 2. The van der Waals surface area contributed by atoms with E-state index in [0.717, 1.165) is 11.3 Å². The van der Waals surface area contributed by atoms with Crippen molar-refractivity contribution in [2.45, 2.75) is 4.90 Å². The van der Waals surface area contributed by atoms with Crippen molar-refractivity contribution in [3.05, 3.63) is 30.3 Å². The van der Waals surface area contributed by atoms with Gasteiger partial charge in [-0.1, -0.05) is 12.7 Å². The average Bonchev–Trinajstić information content (AvgIpc) is 2.04. The molecular weight excluding hydrogens is 154 g/mol. The first-order valence-corrected chi connectivity index (χ1v) is 4.56. The second-order valence-electron chi connectivity index (χ2n) is 2.21. The van der Waals surface area contributed by atoms with Crippen molar-refractivity contribution in [1.29, 1.82) is 0 Å². The van der Waals surface area contributed by atoms with Gasteiger partial charge in [0.05, 0.1) is 0 Å². The Morgan fingerprint density at radius 1 is 1.55 bits per heavy atom. The predicted octanol–water partition coefficient (Wildman–Crippen LogP) is 2.63. The SMILES string of the molecule is C=Cc1cc(N)ccc1SC. The molecular formula is C9H11NS. The Hall–Kier alpha value is -0.890. The summed E-state index contributed by atoms with van der Waals surface area (Å²) in [6.45, 7) is 3.71. The standard InChI is InChI=1S/C9H11NS/c1-3-7-6-8(10)4-5-9(7)11-2/h3-6H,1,10H2,2H3. The van der Waals surface area contributed by atoms with Crippen LogP contribution >= 0.6 is 11.8 Å². The van der Waals surface area contributed by atoms with Crippen LogP contribution in [0.15, 0.2) is 29.7 Å². The molecule has 0 saturated carbocycles. The molecule has 1 nitrogen and oxygen atoms in total. The first-order valence-electron chi connectivity index (χ1n) is 3.34. The van der Waals surface area contributed by atoms with Crippen molar-refractivity contribution < 1.29 is 0 Å². The maximum Gasteiger partial charge on any atom is 0.0320 e. The van der Waals surface area contributed by atoms with Crippen LogP contribution in [0.3, 0.4) is 0 Å². The van der Waals surface area contributed by atoms with Gasteiger partial charge in [0.1, 0.15) is 0 Å². The number of nitrogen functional groups attached to an aromatic ring is 1. The molecule has 0 radical (unpaired) electrons. The number of hydrogen-bond acceptors (Lipinski definition) is 2. The molecule has 2 heteroatoms. The van der Waals surface area contributed by atoms with Gasteiger partial charge < -0.3 is 5.73 Å². The number of hydrogen-bond donors (Lipinski definition) is 1. The average molecular weight is 165 g/mol. The molecule has 0 aliphatic heterocycles. The lowest BCUT2D eigenvalue weighted by molar-refractivity contribution is 1.43. The predicted molar refractivity (Wildman–Crippen MR) is 52.7 cm³/mol. The van der Waals surface area contributed by atoms with E-state index in [2.05, 4.69) is 6.58 Å². The van der Waals surface area contributed by atoms with Gasteiger partial charge in [0.25, 0.3) is 0 Å². The molecule has 0 aromatic heterocycles. The summed E-state index contributed by atoms with van der Waals surface area (Å²) in [6.07, 6.45) is 3.86. The summed E-state index contributed by atoms with van der Waals surface area (Å²) >= 11 is 1.70. The Morgan fingerprint density at radius 2 is 2.27 bits per heavy atom. The van der Waals surface area contributed by atoms with Crippen LogP contribution in [0.5, 0.6) is 0 Å². The molecule has 1 aromatic carbocycles. The first kappa shape index (κ1) is 8.21. The molecule has 0 unspecified atom stereocenters. The summed E-state index contributed by atoms with van der Waals surface area (Å²) in [7, 11) is 0. The van der Waals surface area contributed by atoms with Gasteiger partial charge >= 0.3 is 0 Å². The molecule has 0 saturated heterocycles. The molecule has 58 valence electrons. The maximum atomic E-state index is 5.60. The van der Waals surface area contributed by atoms with E-state index in [0.29, 0.717) is 0 Å². The van der Waals surface area contributed by atoms with Crippen LogP contribution in [0.4, 0.5) is 5.69 Å². The highest BCUT2D eigenvalue weighted by Crippen LogP contribution is 2.23. The fourth-order valence-corrected chi connectivity index (χ4v) is 1.49. The second kappa shape index (κ2) is 3.49. The monoisotopic (exact) mass is 165 g/mol.